The zero-order chi connectivity index (χ0) is 15.5. The standard InChI is InChI=1S/C17H26N4O/c1-14-4-7-21(8-5-14)17(22)16-13-15(3-6-18-16)20-11-9-19(2)10-12-20/h3,6,13-14H,4-5,7-12H2,1-2H3. The highest BCUT2D eigenvalue weighted by atomic mass is 16.2. The minimum atomic E-state index is 0.0860. The van der Waals surface area contributed by atoms with Crippen LogP contribution in [0.4, 0.5) is 5.69 Å². The molecule has 0 bridgehead atoms. The summed E-state index contributed by atoms with van der Waals surface area (Å²) in [7, 11) is 2.15. The van der Waals surface area contributed by atoms with Crippen molar-refractivity contribution in [1.82, 2.24) is 14.8 Å². The molecule has 0 radical (unpaired) electrons. The molecule has 0 saturated carbocycles. The first kappa shape index (κ1) is 15.3. The van der Waals surface area contributed by atoms with Crippen molar-refractivity contribution >= 4 is 11.6 Å². The van der Waals surface area contributed by atoms with Crippen LogP contribution in [0.1, 0.15) is 30.3 Å². The van der Waals surface area contributed by atoms with Gasteiger partial charge in [-0.3, -0.25) is 9.78 Å². The molecule has 0 aliphatic carbocycles. The highest BCUT2D eigenvalue weighted by Crippen LogP contribution is 2.20. The summed E-state index contributed by atoms with van der Waals surface area (Å²) < 4.78 is 0. The van der Waals surface area contributed by atoms with E-state index in [-0.39, 0.29) is 5.91 Å². The smallest absolute Gasteiger partial charge is 0.272 e. The maximum absolute atomic E-state index is 12.6. The number of piperazine rings is 1. The predicted molar refractivity (Wildman–Crippen MR) is 88.2 cm³/mol. The maximum atomic E-state index is 12.6. The van der Waals surface area contributed by atoms with Gasteiger partial charge in [0.2, 0.25) is 0 Å². The molecule has 1 amide bonds. The Kier molecular flexibility index (Phi) is 4.62. The molecule has 120 valence electrons. The molecule has 0 aromatic carbocycles. The van der Waals surface area contributed by atoms with Gasteiger partial charge in [-0.15, -0.1) is 0 Å². The SMILES string of the molecule is CC1CCN(C(=O)c2cc(N3CCN(C)CC3)ccn2)CC1. The first-order valence-electron chi connectivity index (χ1n) is 8.32. The number of carbonyl (C=O) groups is 1. The molecule has 2 aliphatic rings. The lowest BCUT2D eigenvalue weighted by atomic mass is 9.99. The van der Waals surface area contributed by atoms with Gasteiger partial charge in [0.1, 0.15) is 5.69 Å². The molecule has 5 nitrogen and oxygen atoms in total. The normalized spacial score (nSPS) is 21.2. The third kappa shape index (κ3) is 3.40. The first-order chi connectivity index (χ1) is 10.6. The molecule has 2 saturated heterocycles. The lowest BCUT2D eigenvalue weighted by molar-refractivity contribution is 0.0691. The topological polar surface area (TPSA) is 39.7 Å². The van der Waals surface area contributed by atoms with Crippen molar-refractivity contribution in [2.45, 2.75) is 19.8 Å². The van der Waals surface area contributed by atoms with E-state index in [1.165, 1.54) is 0 Å². The molecule has 1 aromatic rings. The zero-order valence-electron chi connectivity index (χ0n) is 13.7. The van der Waals surface area contributed by atoms with Gasteiger partial charge in [0.05, 0.1) is 0 Å². The van der Waals surface area contributed by atoms with E-state index in [4.69, 9.17) is 0 Å². The van der Waals surface area contributed by atoms with Gasteiger partial charge in [-0.1, -0.05) is 6.92 Å². The quantitative estimate of drug-likeness (QED) is 0.834. The Morgan fingerprint density at radius 1 is 1.14 bits per heavy atom. The fourth-order valence-electron chi connectivity index (χ4n) is 3.17. The summed E-state index contributed by atoms with van der Waals surface area (Å²) in [4.78, 5) is 23.6. The number of pyridine rings is 1. The molecule has 0 atom stereocenters. The molecular formula is C17H26N4O. The van der Waals surface area contributed by atoms with Crippen LogP contribution in [-0.4, -0.2) is 67.0 Å². The largest absolute Gasteiger partial charge is 0.369 e. The number of nitrogens with zero attached hydrogens (tertiary/aromatic N) is 4. The van der Waals surface area contributed by atoms with Crippen molar-refractivity contribution < 1.29 is 4.79 Å². The lowest BCUT2D eigenvalue weighted by Crippen LogP contribution is -2.44. The van der Waals surface area contributed by atoms with E-state index in [1.54, 1.807) is 6.20 Å². The molecule has 22 heavy (non-hydrogen) atoms. The van der Waals surface area contributed by atoms with Crippen LogP contribution in [0.3, 0.4) is 0 Å². The third-order valence-corrected chi connectivity index (χ3v) is 4.90. The summed E-state index contributed by atoms with van der Waals surface area (Å²) in [6, 6.07) is 3.98. The average molecular weight is 302 g/mol. The van der Waals surface area contributed by atoms with Gasteiger partial charge >= 0.3 is 0 Å². The van der Waals surface area contributed by atoms with Crippen LogP contribution < -0.4 is 4.90 Å². The van der Waals surface area contributed by atoms with Crippen molar-refractivity contribution in [2.24, 2.45) is 5.92 Å². The summed E-state index contributed by atoms with van der Waals surface area (Å²) >= 11 is 0. The van der Waals surface area contributed by atoms with Gasteiger partial charge in [0, 0.05) is 51.2 Å². The van der Waals surface area contributed by atoms with E-state index in [2.05, 4.69) is 28.8 Å². The van der Waals surface area contributed by atoms with E-state index < -0.39 is 0 Å². The molecule has 0 N–H and O–H groups in total. The molecule has 3 rings (SSSR count). The van der Waals surface area contributed by atoms with Crippen LogP contribution in [0.25, 0.3) is 0 Å². The summed E-state index contributed by atoms with van der Waals surface area (Å²) in [5, 5.41) is 0. The number of piperidine rings is 1. The second kappa shape index (κ2) is 6.65. The van der Waals surface area contributed by atoms with E-state index in [0.29, 0.717) is 5.69 Å². The molecular weight excluding hydrogens is 276 g/mol. The minimum absolute atomic E-state index is 0.0860. The van der Waals surface area contributed by atoms with E-state index in [9.17, 15) is 4.79 Å². The number of anilines is 1. The number of likely N-dealkylation sites (tertiary alicyclic amines) is 1. The van der Waals surface area contributed by atoms with Crippen LogP contribution in [0.5, 0.6) is 0 Å². The van der Waals surface area contributed by atoms with Gasteiger partial charge in [0.25, 0.3) is 5.91 Å². The number of hydrogen-bond acceptors (Lipinski definition) is 4. The van der Waals surface area contributed by atoms with Gasteiger partial charge in [0.15, 0.2) is 0 Å². The fraction of sp³-hybridized carbons (Fsp3) is 0.647. The average Bonchev–Trinajstić information content (AvgIpc) is 2.56. The van der Waals surface area contributed by atoms with Crippen LogP contribution in [-0.2, 0) is 0 Å². The summed E-state index contributed by atoms with van der Waals surface area (Å²) in [6.07, 6.45) is 3.97. The Balaban J connectivity index is 1.69. The Bertz CT molecular complexity index is 517. The van der Waals surface area contributed by atoms with Gasteiger partial charge in [-0.25, -0.2) is 0 Å². The van der Waals surface area contributed by atoms with Crippen molar-refractivity contribution in [1.29, 1.82) is 0 Å². The van der Waals surface area contributed by atoms with Crippen molar-refractivity contribution in [3.8, 4) is 0 Å². The summed E-state index contributed by atoms with van der Waals surface area (Å²) in [5.41, 5.74) is 1.71. The Hall–Kier alpha value is -1.62. The predicted octanol–water partition coefficient (Wildman–Crippen LogP) is 1.71. The number of likely N-dealkylation sites (N-methyl/N-ethyl adjacent to an activating group) is 1. The monoisotopic (exact) mass is 302 g/mol. The zero-order valence-corrected chi connectivity index (χ0v) is 13.7. The number of amides is 1. The van der Waals surface area contributed by atoms with Crippen molar-refractivity contribution in [3.05, 3.63) is 24.0 Å². The van der Waals surface area contributed by atoms with E-state index >= 15 is 0 Å². The molecule has 2 fully saturated rings. The molecule has 0 spiro atoms. The molecule has 0 unspecified atom stereocenters. The number of rotatable bonds is 2. The van der Waals surface area contributed by atoms with Gasteiger partial charge in [-0.05, 0) is 37.9 Å². The maximum Gasteiger partial charge on any atom is 0.272 e. The second-order valence-electron chi connectivity index (χ2n) is 6.66. The molecule has 3 heterocycles. The Morgan fingerprint density at radius 2 is 1.82 bits per heavy atom. The van der Waals surface area contributed by atoms with Crippen molar-refractivity contribution in [2.75, 3.05) is 51.2 Å². The first-order valence-corrected chi connectivity index (χ1v) is 8.32. The highest BCUT2D eigenvalue weighted by molar-refractivity contribution is 5.93. The number of hydrogen-bond donors (Lipinski definition) is 0. The van der Waals surface area contributed by atoms with Crippen LogP contribution in [0.2, 0.25) is 0 Å². The Morgan fingerprint density at radius 3 is 2.50 bits per heavy atom. The number of carbonyl (C=O) groups excluding carboxylic acids is 1. The van der Waals surface area contributed by atoms with Gasteiger partial charge < -0.3 is 14.7 Å². The van der Waals surface area contributed by atoms with Crippen LogP contribution in [0.15, 0.2) is 18.3 Å². The van der Waals surface area contributed by atoms with E-state index in [0.717, 1.165) is 63.7 Å². The Labute approximate surface area is 132 Å². The lowest BCUT2D eigenvalue weighted by Gasteiger charge is -2.34. The highest BCUT2D eigenvalue weighted by Gasteiger charge is 2.23. The van der Waals surface area contributed by atoms with Crippen LogP contribution >= 0.6 is 0 Å². The summed E-state index contributed by atoms with van der Waals surface area (Å²) in [6.45, 7) is 8.13. The molecule has 2 aliphatic heterocycles. The molecule has 5 heteroatoms. The van der Waals surface area contributed by atoms with Crippen LogP contribution in [0, 0.1) is 5.92 Å². The van der Waals surface area contributed by atoms with Gasteiger partial charge in [-0.2, -0.15) is 0 Å². The summed E-state index contributed by atoms with van der Waals surface area (Å²) in [5.74, 6) is 0.816. The van der Waals surface area contributed by atoms with E-state index in [1.807, 2.05) is 17.0 Å². The number of aromatic nitrogens is 1. The third-order valence-electron chi connectivity index (χ3n) is 4.90. The molecule has 1 aromatic heterocycles. The van der Waals surface area contributed by atoms with Crippen molar-refractivity contribution in [3.63, 3.8) is 0 Å². The fourth-order valence-corrected chi connectivity index (χ4v) is 3.17. The minimum Gasteiger partial charge on any atom is -0.369 e. The second-order valence-corrected chi connectivity index (χ2v) is 6.66.